The molecule has 2 aliphatic rings. The normalized spacial score (nSPS) is 17.9. The lowest BCUT2D eigenvalue weighted by atomic mass is 9.95. The highest BCUT2D eigenvalue weighted by Gasteiger charge is 2.25. The van der Waals surface area contributed by atoms with E-state index in [1.165, 1.54) is 47.8 Å². The van der Waals surface area contributed by atoms with Crippen molar-refractivity contribution in [3.63, 3.8) is 0 Å². The number of nitrogens with zero attached hydrogens (tertiary/aromatic N) is 2. The van der Waals surface area contributed by atoms with Gasteiger partial charge in [0.05, 0.1) is 5.52 Å². The van der Waals surface area contributed by atoms with E-state index in [1.807, 2.05) is 4.90 Å². The highest BCUT2D eigenvalue weighted by molar-refractivity contribution is 5.89. The van der Waals surface area contributed by atoms with Crippen LogP contribution in [-0.4, -0.2) is 21.9 Å². The summed E-state index contributed by atoms with van der Waals surface area (Å²) < 4.78 is 2.50. The molecule has 4 rings (SSSR count). The molecule has 3 heteroatoms. The monoisotopic (exact) mass is 268 g/mol. The first-order chi connectivity index (χ1) is 9.75. The number of amides is 1. The summed E-state index contributed by atoms with van der Waals surface area (Å²) in [5.74, 6) is 0.182. The van der Waals surface area contributed by atoms with Crippen molar-refractivity contribution in [2.75, 3.05) is 6.54 Å². The van der Waals surface area contributed by atoms with Gasteiger partial charge in [-0.25, -0.2) is 0 Å². The van der Waals surface area contributed by atoms with E-state index in [9.17, 15) is 4.79 Å². The first-order valence-corrected chi connectivity index (χ1v) is 7.63. The van der Waals surface area contributed by atoms with Crippen LogP contribution in [-0.2, 0) is 30.7 Å². The van der Waals surface area contributed by atoms with Crippen LogP contribution in [0.1, 0.15) is 36.6 Å². The van der Waals surface area contributed by atoms with E-state index in [4.69, 9.17) is 0 Å². The number of hydrogen-bond donors (Lipinski definition) is 0. The predicted molar refractivity (Wildman–Crippen MR) is 79.7 cm³/mol. The largest absolute Gasteiger partial charge is 0.342 e. The molecular formula is C17H20N2O. The average molecular weight is 268 g/mol. The van der Waals surface area contributed by atoms with Crippen LogP contribution < -0.4 is 0 Å². The molecule has 3 nitrogen and oxygen atoms in total. The van der Waals surface area contributed by atoms with Gasteiger partial charge in [0.2, 0.25) is 5.91 Å². The molecule has 0 radical (unpaired) electrons. The SMILES string of the molecule is CC(=O)N1CCn2c3c(c4cccc(c42)C1)CCCC3. The summed E-state index contributed by atoms with van der Waals surface area (Å²) in [6.45, 7) is 4.22. The molecule has 1 amide bonds. The molecule has 20 heavy (non-hydrogen) atoms. The zero-order valence-electron chi connectivity index (χ0n) is 12.0. The van der Waals surface area contributed by atoms with Crippen LogP contribution in [0.15, 0.2) is 18.2 Å². The van der Waals surface area contributed by atoms with Crippen LogP contribution in [0.25, 0.3) is 10.9 Å². The second-order valence-electron chi connectivity index (χ2n) is 6.04. The zero-order chi connectivity index (χ0) is 13.7. The molecule has 1 aromatic carbocycles. The lowest BCUT2D eigenvalue weighted by Crippen LogP contribution is -2.30. The van der Waals surface area contributed by atoms with Gasteiger partial charge in [-0.3, -0.25) is 4.79 Å². The summed E-state index contributed by atoms with van der Waals surface area (Å²) in [5.41, 5.74) is 5.81. The van der Waals surface area contributed by atoms with Crippen molar-refractivity contribution in [2.45, 2.75) is 45.7 Å². The zero-order valence-corrected chi connectivity index (χ0v) is 12.0. The van der Waals surface area contributed by atoms with E-state index in [2.05, 4.69) is 22.8 Å². The van der Waals surface area contributed by atoms with E-state index in [1.54, 1.807) is 12.5 Å². The summed E-state index contributed by atoms with van der Waals surface area (Å²) >= 11 is 0. The molecular weight excluding hydrogens is 248 g/mol. The molecule has 1 aliphatic heterocycles. The minimum absolute atomic E-state index is 0.182. The molecule has 2 aromatic rings. The van der Waals surface area contributed by atoms with Crippen molar-refractivity contribution in [2.24, 2.45) is 0 Å². The Morgan fingerprint density at radius 3 is 2.85 bits per heavy atom. The minimum Gasteiger partial charge on any atom is -0.342 e. The van der Waals surface area contributed by atoms with Crippen LogP contribution in [0.2, 0.25) is 0 Å². The Morgan fingerprint density at radius 1 is 1.15 bits per heavy atom. The molecule has 0 atom stereocenters. The topological polar surface area (TPSA) is 25.2 Å². The first kappa shape index (κ1) is 12.0. The Hall–Kier alpha value is -1.77. The first-order valence-electron chi connectivity index (χ1n) is 7.63. The third kappa shape index (κ3) is 1.62. The van der Waals surface area contributed by atoms with Gasteiger partial charge in [-0.05, 0) is 36.8 Å². The smallest absolute Gasteiger partial charge is 0.219 e. The van der Waals surface area contributed by atoms with Crippen LogP contribution in [0.3, 0.4) is 0 Å². The number of benzene rings is 1. The summed E-state index contributed by atoms with van der Waals surface area (Å²) in [4.78, 5) is 13.7. The molecule has 2 heterocycles. The maximum Gasteiger partial charge on any atom is 0.219 e. The van der Waals surface area contributed by atoms with Crippen LogP contribution >= 0.6 is 0 Å². The van der Waals surface area contributed by atoms with Crippen molar-refractivity contribution in [1.29, 1.82) is 0 Å². The molecule has 104 valence electrons. The van der Waals surface area contributed by atoms with Crippen molar-refractivity contribution in [3.05, 3.63) is 35.0 Å². The Balaban J connectivity index is 1.96. The van der Waals surface area contributed by atoms with Gasteiger partial charge in [-0.2, -0.15) is 0 Å². The fourth-order valence-corrected chi connectivity index (χ4v) is 3.91. The molecule has 0 fully saturated rings. The lowest BCUT2D eigenvalue weighted by molar-refractivity contribution is -0.129. The quantitative estimate of drug-likeness (QED) is 0.721. The van der Waals surface area contributed by atoms with Gasteiger partial charge in [0.1, 0.15) is 0 Å². The number of aromatic nitrogens is 1. The Kier molecular flexibility index (Phi) is 2.62. The molecule has 0 unspecified atom stereocenters. The Labute approximate surface area is 119 Å². The predicted octanol–water partition coefficient (Wildman–Crippen LogP) is 2.88. The average Bonchev–Trinajstić information content (AvgIpc) is 2.65. The van der Waals surface area contributed by atoms with Crippen LogP contribution in [0.5, 0.6) is 0 Å². The van der Waals surface area contributed by atoms with Gasteiger partial charge in [0.25, 0.3) is 0 Å². The van der Waals surface area contributed by atoms with Gasteiger partial charge in [0.15, 0.2) is 0 Å². The number of hydrogen-bond acceptors (Lipinski definition) is 1. The fourth-order valence-electron chi connectivity index (χ4n) is 3.91. The molecule has 0 N–H and O–H groups in total. The second-order valence-corrected chi connectivity index (χ2v) is 6.04. The Bertz CT molecular complexity index is 699. The van der Waals surface area contributed by atoms with Crippen LogP contribution in [0.4, 0.5) is 0 Å². The van der Waals surface area contributed by atoms with E-state index < -0.39 is 0 Å². The van der Waals surface area contributed by atoms with Crippen LogP contribution in [0, 0.1) is 0 Å². The van der Waals surface area contributed by atoms with E-state index in [0.29, 0.717) is 0 Å². The van der Waals surface area contributed by atoms with Gasteiger partial charge in [0, 0.05) is 37.6 Å². The highest BCUT2D eigenvalue weighted by atomic mass is 16.2. The standard InChI is InChI=1S/C17H20N2O/c1-12(20)18-9-10-19-16-8-3-2-6-14(16)15-7-4-5-13(11-18)17(15)19/h4-5,7H,2-3,6,8-11H2,1H3. The van der Waals surface area contributed by atoms with E-state index >= 15 is 0 Å². The van der Waals surface area contributed by atoms with Gasteiger partial charge in [-0.1, -0.05) is 18.2 Å². The number of carbonyl (C=O) groups excluding carboxylic acids is 1. The lowest BCUT2D eigenvalue weighted by Gasteiger charge is -2.20. The Morgan fingerprint density at radius 2 is 2.00 bits per heavy atom. The third-order valence-electron chi connectivity index (χ3n) is 4.88. The summed E-state index contributed by atoms with van der Waals surface area (Å²) in [6, 6.07) is 6.61. The van der Waals surface area contributed by atoms with Crippen molar-refractivity contribution < 1.29 is 4.79 Å². The summed E-state index contributed by atoms with van der Waals surface area (Å²) in [7, 11) is 0. The molecule has 0 bridgehead atoms. The van der Waals surface area contributed by atoms with Gasteiger partial charge < -0.3 is 9.47 Å². The molecule has 0 saturated carbocycles. The van der Waals surface area contributed by atoms with Crippen molar-refractivity contribution in [3.8, 4) is 0 Å². The summed E-state index contributed by atoms with van der Waals surface area (Å²) in [6.07, 6.45) is 5.03. The molecule has 0 saturated heterocycles. The number of para-hydroxylation sites is 1. The van der Waals surface area contributed by atoms with E-state index in [-0.39, 0.29) is 5.91 Å². The number of fused-ring (bicyclic) bond motifs is 3. The highest BCUT2D eigenvalue weighted by Crippen LogP contribution is 2.35. The number of rotatable bonds is 0. The van der Waals surface area contributed by atoms with Crippen molar-refractivity contribution in [1.82, 2.24) is 9.47 Å². The van der Waals surface area contributed by atoms with E-state index in [0.717, 1.165) is 19.6 Å². The van der Waals surface area contributed by atoms with Gasteiger partial charge in [-0.15, -0.1) is 0 Å². The maximum absolute atomic E-state index is 11.7. The minimum atomic E-state index is 0.182. The molecule has 1 aliphatic carbocycles. The van der Waals surface area contributed by atoms with Gasteiger partial charge >= 0.3 is 0 Å². The summed E-state index contributed by atoms with van der Waals surface area (Å²) in [5, 5.41) is 1.43. The number of aryl methyl sites for hydroxylation is 1. The number of carbonyl (C=O) groups is 1. The molecule has 1 aromatic heterocycles. The fraction of sp³-hybridized carbons (Fsp3) is 0.471. The second kappa shape index (κ2) is 4.37. The molecule has 0 spiro atoms. The third-order valence-corrected chi connectivity index (χ3v) is 4.88. The maximum atomic E-state index is 11.7. The van der Waals surface area contributed by atoms with Crippen molar-refractivity contribution >= 4 is 16.8 Å².